The van der Waals surface area contributed by atoms with Crippen LogP contribution in [-0.2, 0) is 10.0 Å². The summed E-state index contributed by atoms with van der Waals surface area (Å²) in [5.74, 6) is 2.13. The second-order valence-electron chi connectivity index (χ2n) is 6.06. The molecule has 2 aliphatic rings. The van der Waals surface area contributed by atoms with Crippen molar-refractivity contribution in [1.82, 2.24) is 4.72 Å². The number of nitrogens with one attached hydrogen (secondary N) is 1. The zero-order valence-corrected chi connectivity index (χ0v) is 12.2. The minimum atomic E-state index is -3.25. The fraction of sp³-hybridized carbons (Fsp3) is 1.00. The molecule has 0 spiro atoms. The Kier molecular flexibility index (Phi) is 4.34. The van der Waals surface area contributed by atoms with Crippen molar-refractivity contribution in [1.29, 1.82) is 0 Å². The van der Waals surface area contributed by atoms with E-state index in [4.69, 9.17) is 5.73 Å². The summed E-state index contributed by atoms with van der Waals surface area (Å²) >= 11 is 0. The van der Waals surface area contributed by atoms with Gasteiger partial charge in [0.2, 0.25) is 10.0 Å². The Morgan fingerprint density at radius 2 is 2.06 bits per heavy atom. The van der Waals surface area contributed by atoms with E-state index >= 15 is 0 Å². The summed E-state index contributed by atoms with van der Waals surface area (Å²) < 4.78 is 27.2. The molecular weight excluding hydrogens is 248 g/mol. The molecule has 4 nitrogen and oxygen atoms in total. The zero-order valence-electron chi connectivity index (χ0n) is 11.4. The fourth-order valence-electron chi connectivity index (χ4n) is 3.86. The van der Waals surface area contributed by atoms with E-state index in [0.717, 1.165) is 11.8 Å². The Balaban J connectivity index is 1.96. The largest absolute Gasteiger partial charge is 0.329 e. The van der Waals surface area contributed by atoms with Crippen LogP contribution in [0.15, 0.2) is 0 Å². The van der Waals surface area contributed by atoms with Gasteiger partial charge in [-0.3, -0.25) is 0 Å². The smallest absolute Gasteiger partial charge is 0.215 e. The minimum Gasteiger partial charge on any atom is -0.329 e. The van der Waals surface area contributed by atoms with Gasteiger partial charge in [-0.15, -0.1) is 0 Å². The number of fused-ring (bicyclic) bond motifs is 2. The predicted octanol–water partition coefficient (Wildman–Crippen LogP) is 1.47. The number of nitrogens with two attached hydrogens (primary N) is 1. The molecule has 2 bridgehead atoms. The number of hydrogen-bond acceptors (Lipinski definition) is 3. The Hall–Kier alpha value is -0.130. The van der Waals surface area contributed by atoms with E-state index in [9.17, 15) is 8.42 Å². The van der Waals surface area contributed by atoms with E-state index in [1.54, 1.807) is 0 Å². The van der Waals surface area contributed by atoms with Crippen molar-refractivity contribution in [2.24, 2.45) is 23.5 Å². The monoisotopic (exact) mass is 274 g/mol. The van der Waals surface area contributed by atoms with Crippen LogP contribution in [-0.4, -0.2) is 26.3 Å². The summed E-state index contributed by atoms with van der Waals surface area (Å²) in [6.45, 7) is 4.10. The average Bonchev–Trinajstić information content (AvgIpc) is 2.91. The van der Waals surface area contributed by atoms with Gasteiger partial charge in [0.25, 0.3) is 0 Å². The van der Waals surface area contributed by atoms with Gasteiger partial charge in [-0.2, -0.15) is 0 Å². The molecule has 2 aliphatic carbocycles. The van der Waals surface area contributed by atoms with Crippen LogP contribution in [0.1, 0.15) is 46.0 Å². The standard InChI is InChI=1S/C13H26N2O2S/c1-3-12(8-14)18(16,17)15-9(2)13-7-10-4-5-11(13)6-10/h9-13,15H,3-8,14H2,1-2H3. The predicted molar refractivity (Wildman–Crippen MR) is 73.6 cm³/mol. The lowest BCUT2D eigenvalue weighted by molar-refractivity contribution is 0.279. The van der Waals surface area contributed by atoms with Gasteiger partial charge < -0.3 is 5.73 Å². The van der Waals surface area contributed by atoms with Gasteiger partial charge in [0, 0.05) is 12.6 Å². The van der Waals surface area contributed by atoms with Crippen LogP contribution in [0.4, 0.5) is 0 Å². The molecule has 2 rings (SSSR count). The van der Waals surface area contributed by atoms with Crippen LogP contribution in [0.5, 0.6) is 0 Å². The molecule has 3 N–H and O–H groups in total. The molecule has 5 unspecified atom stereocenters. The number of sulfonamides is 1. The summed E-state index contributed by atoms with van der Waals surface area (Å²) in [6, 6.07) is 0.0610. The molecule has 0 aliphatic heterocycles. The van der Waals surface area contributed by atoms with Crippen LogP contribution >= 0.6 is 0 Å². The van der Waals surface area contributed by atoms with Crippen molar-refractivity contribution in [3.05, 3.63) is 0 Å². The summed E-state index contributed by atoms with van der Waals surface area (Å²) in [4.78, 5) is 0. The van der Waals surface area contributed by atoms with Crippen molar-refractivity contribution >= 4 is 10.0 Å². The number of hydrogen-bond donors (Lipinski definition) is 2. The molecule has 0 aromatic carbocycles. The third kappa shape index (κ3) is 2.73. The Morgan fingerprint density at radius 1 is 1.33 bits per heavy atom. The third-order valence-electron chi connectivity index (χ3n) is 4.94. The maximum atomic E-state index is 12.2. The first kappa shape index (κ1) is 14.3. The summed E-state index contributed by atoms with van der Waals surface area (Å²) in [5, 5.41) is -0.446. The first-order chi connectivity index (χ1) is 8.47. The zero-order chi connectivity index (χ0) is 13.3. The molecule has 0 saturated heterocycles. The Morgan fingerprint density at radius 3 is 2.50 bits per heavy atom. The quantitative estimate of drug-likeness (QED) is 0.770. The summed E-state index contributed by atoms with van der Waals surface area (Å²) in [5.41, 5.74) is 5.54. The van der Waals surface area contributed by atoms with Crippen molar-refractivity contribution < 1.29 is 8.42 Å². The van der Waals surface area contributed by atoms with Gasteiger partial charge in [-0.05, 0) is 50.4 Å². The molecule has 0 aromatic heterocycles. The highest BCUT2D eigenvalue weighted by Crippen LogP contribution is 2.49. The van der Waals surface area contributed by atoms with E-state index in [-0.39, 0.29) is 12.6 Å². The van der Waals surface area contributed by atoms with Gasteiger partial charge >= 0.3 is 0 Å². The van der Waals surface area contributed by atoms with Crippen LogP contribution in [0.2, 0.25) is 0 Å². The molecule has 5 atom stereocenters. The lowest BCUT2D eigenvalue weighted by atomic mass is 9.84. The molecule has 5 heteroatoms. The maximum Gasteiger partial charge on any atom is 0.215 e. The molecular formula is C13H26N2O2S. The van der Waals surface area contributed by atoms with Crippen molar-refractivity contribution in [2.45, 2.75) is 57.2 Å². The first-order valence-electron chi connectivity index (χ1n) is 7.19. The van der Waals surface area contributed by atoms with Gasteiger partial charge in [0.05, 0.1) is 5.25 Å². The lowest BCUT2D eigenvalue weighted by Crippen LogP contribution is -2.46. The fourth-order valence-corrected chi connectivity index (χ4v) is 5.44. The third-order valence-corrected chi connectivity index (χ3v) is 7.05. The van der Waals surface area contributed by atoms with Gasteiger partial charge in [-0.1, -0.05) is 13.3 Å². The molecule has 2 saturated carbocycles. The van der Waals surface area contributed by atoms with E-state index in [1.807, 2.05) is 13.8 Å². The van der Waals surface area contributed by atoms with Gasteiger partial charge in [0.1, 0.15) is 0 Å². The maximum absolute atomic E-state index is 12.2. The van der Waals surface area contributed by atoms with Crippen LogP contribution in [0.3, 0.4) is 0 Å². The highest BCUT2D eigenvalue weighted by Gasteiger charge is 2.42. The Labute approximate surface area is 111 Å². The second kappa shape index (κ2) is 5.47. The number of rotatable bonds is 6. The SMILES string of the molecule is CCC(CN)S(=O)(=O)NC(C)C1CC2CCC1C2. The molecule has 2 fully saturated rings. The topological polar surface area (TPSA) is 72.2 Å². The molecule has 106 valence electrons. The Bertz CT molecular complexity index is 378. The van der Waals surface area contributed by atoms with Crippen molar-refractivity contribution in [3.8, 4) is 0 Å². The minimum absolute atomic E-state index is 0.0610. The van der Waals surface area contributed by atoms with E-state index < -0.39 is 15.3 Å². The molecule has 0 heterocycles. The van der Waals surface area contributed by atoms with Crippen molar-refractivity contribution in [3.63, 3.8) is 0 Å². The second-order valence-corrected chi connectivity index (χ2v) is 8.05. The van der Waals surface area contributed by atoms with Crippen LogP contribution in [0, 0.1) is 17.8 Å². The lowest BCUT2D eigenvalue weighted by Gasteiger charge is -2.29. The highest BCUT2D eigenvalue weighted by atomic mass is 32.2. The van der Waals surface area contributed by atoms with Gasteiger partial charge in [-0.25, -0.2) is 13.1 Å². The highest BCUT2D eigenvalue weighted by molar-refractivity contribution is 7.90. The van der Waals surface area contributed by atoms with Crippen molar-refractivity contribution in [2.75, 3.05) is 6.54 Å². The van der Waals surface area contributed by atoms with E-state index in [0.29, 0.717) is 12.3 Å². The summed E-state index contributed by atoms with van der Waals surface area (Å²) in [6.07, 6.45) is 5.73. The van der Waals surface area contributed by atoms with Crippen LogP contribution < -0.4 is 10.5 Å². The molecule has 0 aromatic rings. The molecule has 0 amide bonds. The van der Waals surface area contributed by atoms with Gasteiger partial charge in [0.15, 0.2) is 0 Å². The summed E-state index contributed by atoms with van der Waals surface area (Å²) in [7, 11) is -3.25. The molecule has 18 heavy (non-hydrogen) atoms. The van der Waals surface area contributed by atoms with E-state index in [2.05, 4.69) is 4.72 Å². The molecule has 0 radical (unpaired) electrons. The van der Waals surface area contributed by atoms with E-state index in [1.165, 1.54) is 25.7 Å². The normalized spacial score (nSPS) is 34.7. The average molecular weight is 274 g/mol. The first-order valence-corrected chi connectivity index (χ1v) is 8.73. The van der Waals surface area contributed by atoms with Crippen LogP contribution in [0.25, 0.3) is 0 Å².